The summed E-state index contributed by atoms with van der Waals surface area (Å²) < 4.78 is 11.0. The second-order valence-corrected chi connectivity index (χ2v) is 5.86. The molecule has 1 aromatic rings. The van der Waals surface area contributed by atoms with Gasteiger partial charge in [0.25, 0.3) is 0 Å². The molecule has 0 radical (unpaired) electrons. The monoisotopic (exact) mass is 275 g/mol. The van der Waals surface area contributed by atoms with Gasteiger partial charge in [-0.25, -0.2) is 0 Å². The summed E-state index contributed by atoms with van der Waals surface area (Å²) in [4.78, 5) is 0. The number of fused-ring (bicyclic) bond motifs is 1. The van der Waals surface area contributed by atoms with Crippen LogP contribution in [-0.4, -0.2) is 30.5 Å². The Kier molecular flexibility index (Phi) is 4.03. The van der Waals surface area contributed by atoms with Gasteiger partial charge in [-0.15, -0.1) is 0 Å². The molecule has 0 aromatic heterocycles. The fraction of sp³-hybridized carbons (Fsp3) is 0.562. The van der Waals surface area contributed by atoms with Gasteiger partial charge in [0.1, 0.15) is 11.2 Å². The van der Waals surface area contributed by atoms with Gasteiger partial charge in [-0.3, -0.25) is 0 Å². The van der Waals surface area contributed by atoms with Crippen LogP contribution in [0, 0.1) is 11.3 Å². The number of aliphatic hydroxyl groups excluding tert-OH is 1. The van der Waals surface area contributed by atoms with Gasteiger partial charge >= 0.3 is 0 Å². The van der Waals surface area contributed by atoms with E-state index in [1.807, 2.05) is 38.1 Å². The number of rotatable bonds is 4. The van der Waals surface area contributed by atoms with Crippen LogP contribution in [0.3, 0.4) is 0 Å². The molecule has 4 heteroatoms. The molecule has 0 saturated heterocycles. The smallest absolute Gasteiger partial charge is 0.124 e. The minimum Gasteiger partial charge on any atom is -0.493 e. The van der Waals surface area contributed by atoms with Gasteiger partial charge in [-0.2, -0.15) is 5.26 Å². The average molecular weight is 275 g/mol. The van der Waals surface area contributed by atoms with Gasteiger partial charge in [0.05, 0.1) is 24.4 Å². The molecule has 2 atom stereocenters. The van der Waals surface area contributed by atoms with E-state index in [9.17, 15) is 10.4 Å². The van der Waals surface area contributed by atoms with Crippen molar-refractivity contribution in [1.29, 1.82) is 5.26 Å². The Labute approximate surface area is 119 Å². The molecule has 1 aliphatic heterocycles. The molecule has 0 amide bonds. The lowest BCUT2D eigenvalue weighted by molar-refractivity contribution is -0.0386. The Morgan fingerprint density at radius 1 is 1.50 bits per heavy atom. The van der Waals surface area contributed by atoms with E-state index >= 15 is 0 Å². The summed E-state index contributed by atoms with van der Waals surface area (Å²) >= 11 is 0. The maximum atomic E-state index is 10.7. The largest absolute Gasteiger partial charge is 0.493 e. The Balaban J connectivity index is 2.39. The van der Waals surface area contributed by atoms with Gasteiger partial charge in [0.2, 0.25) is 0 Å². The molecular weight excluding hydrogens is 254 g/mol. The zero-order valence-electron chi connectivity index (χ0n) is 12.2. The third kappa shape index (κ3) is 2.52. The third-order valence-corrected chi connectivity index (χ3v) is 4.13. The minimum absolute atomic E-state index is 0.394. The van der Waals surface area contributed by atoms with Crippen molar-refractivity contribution in [3.63, 3.8) is 0 Å². The molecule has 1 heterocycles. The number of ether oxygens (including phenoxy) is 2. The first kappa shape index (κ1) is 14.8. The molecule has 0 bridgehead atoms. The summed E-state index contributed by atoms with van der Waals surface area (Å²) in [6.07, 6.45) is 0.0832. The molecular formula is C16H21NO3. The van der Waals surface area contributed by atoms with E-state index in [0.29, 0.717) is 25.2 Å². The predicted octanol–water partition coefficient (Wildman–Crippen LogP) is 2.41. The fourth-order valence-electron chi connectivity index (χ4n) is 2.68. The molecule has 1 N–H and O–H groups in total. The number of hydrogen-bond acceptors (Lipinski definition) is 4. The topological polar surface area (TPSA) is 62.5 Å². The zero-order chi connectivity index (χ0) is 14.8. The molecule has 1 aliphatic rings. The van der Waals surface area contributed by atoms with Crippen LogP contribution in [-0.2, 0) is 10.2 Å². The van der Waals surface area contributed by atoms with Crippen molar-refractivity contribution in [3.05, 3.63) is 29.8 Å². The fourth-order valence-corrected chi connectivity index (χ4v) is 2.68. The molecule has 0 spiro atoms. The van der Waals surface area contributed by atoms with Gasteiger partial charge in [0, 0.05) is 25.5 Å². The van der Waals surface area contributed by atoms with E-state index in [1.165, 1.54) is 0 Å². The van der Waals surface area contributed by atoms with E-state index in [1.54, 1.807) is 7.11 Å². The normalized spacial score (nSPS) is 23.4. The van der Waals surface area contributed by atoms with E-state index in [0.717, 1.165) is 5.56 Å². The van der Waals surface area contributed by atoms with Gasteiger partial charge in [0.15, 0.2) is 0 Å². The van der Waals surface area contributed by atoms with Crippen LogP contribution in [0.2, 0.25) is 0 Å². The van der Waals surface area contributed by atoms with E-state index < -0.39 is 17.1 Å². The second kappa shape index (κ2) is 5.43. The van der Waals surface area contributed by atoms with Gasteiger partial charge in [-0.1, -0.05) is 18.2 Å². The minimum atomic E-state index is -0.926. The number of aliphatic hydroxyl groups is 1. The Hall–Kier alpha value is -1.57. The first-order valence-corrected chi connectivity index (χ1v) is 6.82. The first-order valence-electron chi connectivity index (χ1n) is 6.82. The van der Waals surface area contributed by atoms with Gasteiger partial charge < -0.3 is 14.6 Å². The number of nitriles is 1. The standard InChI is InChI=1S/C16H21NO3/c1-15(2,19-3)10-14(18)16(11-17)8-9-20-13-7-5-4-6-12(13)16/h4-7,14,18H,8-10H2,1-3H3. The molecule has 1 aromatic carbocycles. The molecule has 0 aliphatic carbocycles. The maximum absolute atomic E-state index is 10.7. The Morgan fingerprint density at radius 3 is 2.85 bits per heavy atom. The van der Waals surface area contributed by atoms with Crippen LogP contribution in [0.25, 0.3) is 0 Å². The van der Waals surface area contributed by atoms with Crippen LogP contribution in [0.5, 0.6) is 5.75 Å². The number of nitrogens with zero attached hydrogens (tertiary/aromatic N) is 1. The number of para-hydroxylation sites is 1. The summed E-state index contributed by atoms with van der Waals surface area (Å²) in [6, 6.07) is 9.78. The highest BCUT2D eigenvalue weighted by Gasteiger charge is 2.46. The summed E-state index contributed by atoms with van der Waals surface area (Å²) in [7, 11) is 1.61. The van der Waals surface area contributed by atoms with Crippen molar-refractivity contribution in [2.24, 2.45) is 0 Å². The van der Waals surface area contributed by atoms with E-state index in [2.05, 4.69) is 6.07 Å². The van der Waals surface area contributed by atoms with Crippen LogP contribution >= 0.6 is 0 Å². The van der Waals surface area contributed by atoms with Gasteiger partial charge in [-0.05, 0) is 19.9 Å². The van der Waals surface area contributed by atoms with Crippen LogP contribution in [0.4, 0.5) is 0 Å². The maximum Gasteiger partial charge on any atom is 0.124 e. The summed E-state index contributed by atoms with van der Waals surface area (Å²) in [5.74, 6) is 0.689. The molecule has 4 nitrogen and oxygen atoms in total. The highest BCUT2D eigenvalue weighted by molar-refractivity contribution is 5.46. The number of hydrogen-bond donors (Lipinski definition) is 1. The van der Waals surface area contributed by atoms with Crippen molar-refractivity contribution in [2.45, 2.75) is 43.8 Å². The molecule has 2 rings (SSSR count). The average Bonchev–Trinajstić information content (AvgIpc) is 2.46. The van der Waals surface area contributed by atoms with Crippen LogP contribution in [0.1, 0.15) is 32.3 Å². The second-order valence-electron chi connectivity index (χ2n) is 5.86. The lowest BCUT2D eigenvalue weighted by Gasteiger charge is -2.39. The summed E-state index contributed by atoms with van der Waals surface area (Å²) in [6.45, 7) is 4.26. The SMILES string of the molecule is COC(C)(C)CC(O)C1(C#N)CCOc2ccccc21. The molecule has 2 unspecified atom stereocenters. The molecule has 20 heavy (non-hydrogen) atoms. The van der Waals surface area contributed by atoms with E-state index in [4.69, 9.17) is 9.47 Å². The van der Waals surface area contributed by atoms with E-state index in [-0.39, 0.29) is 0 Å². The third-order valence-electron chi connectivity index (χ3n) is 4.13. The van der Waals surface area contributed by atoms with Crippen molar-refractivity contribution in [1.82, 2.24) is 0 Å². The first-order chi connectivity index (χ1) is 9.45. The quantitative estimate of drug-likeness (QED) is 0.916. The summed E-state index contributed by atoms with van der Waals surface area (Å²) in [5.41, 5.74) is -0.630. The van der Waals surface area contributed by atoms with Crippen molar-refractivity contribution >= 4 is 0 Å². The molecule has 0 saturated carbocycles. The molecule has 108 valence electrons. The van der Waals surface area contributed by atoms with Crippen molar-refractivity contribution in [2.75, 3.05) is 13.7 Å². The summed E-state index contributed by atoms with van der Waals surface area (Å²) in [5, 5.41) is 20.4. The lowest BCUT2D eigenvalue weighted by atomic mass is 9.70. The molecule has 0 fully saturated rings. The number of methoxy groups -OCH3 is 1. The highest BCUT2D eigenvalue weighted by atomic mass is 16.5. The highest BCUT2D eigenvalue weighted by Crippen LogP contribution is 2.42. The van der Waals surface area contributed by atoms with Crippen LogP contribution in [0.15, 0.2) is 24.3 Å². The van der Waals surface area contributed by atoms with Crippen molar-refractivity contribution in [3.8, 4) is 11.8 Å². The zero-order valence-corrected chi connectivity index (χ0v) is 12.2. The lowest BCUT2D eigenvalue weighted by Crippen LogP contribution is -2.46. The van der Waals surface area contributed by atoms with Crippen LogP contribution < -0.4 is 4.74 Å². The Morgan fingerprint density at radius 2 is 2.20 bits per heavy atom. The Bertz CT molecular complexity index is 521. The number of benzene rings is 1. The predicted molar refractivity (Wildman–Crippen MR) is 75.6 cm³/mol. The van der Waals surface area contributed by atoms with Crippen molar-refractivity contribution < 1.29 is 14.6 Å².